The van der Waals surface area contributed by atoms with Crippen LogP contribution < -0.4 is 9.80 Å². The van der Waals surface area contributed by atoms with Crippen LogP contribution in [0.1, 0.15) is 30.3 Å². The molecular weight excluding hydrogens is 344 g/mol. The van der Waals surface area contributed by atoms with E-state index in [1.54, 1.807) is 17.2 Å². The second-order valence-electron chi connectivity index (χ2n) is 6.72. The topological polar surface area (TPSA) is 67.8 Å². The fourth-order valence-corrected chi connectivity index (χ4v) is 3.64. The van der Waals surface area contributed by atoms with Gasteiger partial charge in [0.15, 0.2) is 5.79 Å². The van der Waals surface area contributed by atoms with Gasteiger partial charge in [0.25, 0.3) is 5.91 Å². The van der Waals surface area contributed by atoms with Gasteiger partial charge in [0, 0.05) is 44.4 Å². The van der Waals surface area contributed by atoms with E-state index in [1.807, 2.05) is 37.3 Å². The van der Waals surface area contributed by atoms with E-state index in [-0.39, 0.29) is 5.91 Å². The predicted octanol–water partition coefficient (Wildman–Crippen LogP) is 2.49. The minimum atomic E-state index is -0.434. The lowest BCUT2D eigenvalue weighted by atomic mass is 10.0. The third-order valence-corrected chi connectivity index (χ3v) is 5.11. The first-order chi connectivity index (χ1) is 13.2. The molecule has 0 radical (unpaired) electrons. The zero-order valence-electron chi connectivity index (χ0n) is 15.5. The van der Waals surface area contributed by atoms with Crippen LogP contribution in [0.15, 0.2) is 42.6 Å². The highest BCUT2D eigenvalue weighted by molar-refractivity contribution is 6.04. The molecule has 7 nitrogen and oxygen atoms in total. The number of para-hydroxylation sites is 1. The Balaban J connectivity index is 1.50. The molecule has 2 aliphatic heterocycles. The van der Waals surface area contributed by atoms with Gasteiger partial charge in [-0.1, -0.05) is 18.2 Å². The average molecular weight is 368 g/mol. The highest BCUT2D eigenvalue weighted by atomic mass is 16.7. The number of carbonyl (C=O) groups is 1. The van der Waals surface area contributed by atoms with Crippen LogP contribution in [0.4, 0.5) is 11.6 Å². The number of carbonyl (C=O) groups excluding carboxylic acids is 1. The Morgan fingerprint density at radius 2 is 1.85 bits per heavy atom. The van der Waals surface area contributed by atoms with Gasteiger partial charge in [-0.15, -0.1) is 0 Å². The summed E-state index contributed by atoms with van der Waals surface area (Å²) in [4.78, 5) is 25.7. The van der Waals surface area contributed by atoms with Crippen LogP contribution in [0.5, 0.6) is 0 Å². The second kappa shape index (κ2) is 7.62. The van der Waals surface area contributed by atoms with Gasteiger partial charge in [0.2, 0.25) is 5.95 Å². The number of aromatic nitrogens is 2. The van der Waals surface area contributed by atoms with E-state index < -0.39 is 5.79 Å². The molecular formula is C20H24N4O3. The number of hydrogen-bond donors (Lipinski definition) is 0. The Hall–Kier alpha value is -2.51. The number of rotatable bonds is 4. The standard InChI is InChI=1S/C20H24N4O3/c1-2-24(16-6-4-3-5-7-16)18(25)17-8-11-21-19(22-17)23-12-9-20(10-13-23)26-14-15-27-20/h3-8,11H,2,9-10,12-15H2,1H3. The molecule has 3 heterocycles. The third-order valence-electron chi connectivity index (χ3n) is 5.11. The van der Waals surface area contributed by atoms with Crippen molar-refractivity contribution in [1.29, 1.82) is 0 Å². The van der Waals surface area contributed by atoms with Crippen LogP contribution >= 0.6 is 0 Å². The summed E-state index contributed by atoms with van der Waals surface area (Å²) >= 11 is 0. The summed E-state index contributed by atoms with van der Waals surface area (Å²) in [5, 5.41) is 0. The maximum Gasteiger partial charge on any atom is 0.277 e. The van der Waals surface area contributed by atoms with Gasteiger partial charge in [-0.25, -0.2) is 9.97 Å². The Morgan fingerprint density at radius 1 is 1.15 bits per heavy atom. The van der Waals surface area contributed by atoms with E-state index in [9.17, 15) is 4.79 Å². The highest BCUT2D eigenvalue weighted by Crippen LogP contribution is 2.32. The number of benzene rings is 1. The largest absolute Gasteiger partial charge is 0.347 e. The number of anilines is 2. The van der Waals surface area contributed by atoms with Crippen LogP contribution in [-0.4, -0.2) is 54.5 Å². The van der Waals surface area contributed by atoms with E-state index in [0.29, 0.717) is 31.4 Å². The number of piperidine rings is 1. The molecule has 0 aliphatic carbocycles. The van der Waals surface area contributed by atoms with Crippen LogP contribution in [-0.2, 0) is 9.47 Å². The van der Waals surface area contributed by atoms with Crippen LogP contribution in [0.2, 0.25) is 0 Å². The molecule has 1 spiro atoms. The lowest BCUT2D eigenvalue weighted by Gasteiger charge is -2.37. The molecule has 0 saturated carbocycles. The van der Waals surface area contributed by atoms with Gasteiger partial charge in [0.05, 0.1) is 13.2 Å². The van der Waals surface area contributed by atoms with Crippen molar-refractivity contribution in [3.05, 3.63) is 48.3 Å². The summed E-state index contributed by atoms with van der Waals surface area (Å²) in [6.07, 6.45) is 3.21. The summed E-state index contributed by atoms with van der Waals surface area (Å²) < 4.78 is 11.5. The van der Waals surface area contributed by atoms with Crippen LogP contribution in [0.3, 0.4) is 0 Å². The van der Waals surface area contributed by atoms with Crippen molar-refractivity contribution in [3.63, 3.8) is 0 Å². The third kappa shape index (κ3) is 3.65. The fourth-order valence-electron chi connectivity index (χ4n) is 3.64. The molecule has 142 valence electrons. The maximum absolute atomic E-state index is 13.0. The molecule has 2 aliphatic rings. The van der Waals surface area contributed by atoms with Gasteiger partial charge >= 0.3 is 0 Å². The molecule has 2 aromatic rings. The first-order valence-corrected chi connectivity index (χ1v) is 9.44. The number of nitrogens with zero attached hydrogens (tertiary/aromatic N) is 4. The lowest BCUT2D eigenvalue weighted by Crippen LogP contribution is -2.45. The number of amides is 1. The van der Waals surface area contributed by atoms with Gasteiger partial charge in [-0.05, 0) is 25.1 Å². The monoisotopic (exact) mass is 368 g/mol. The van der Waals surface area contributed by atoms with E-state index in [2.05, 4.69) is 14.9 Å². The molecule has 4 rings (SSSR count). The summed E-state index contributed by atoms with van der Waals surface area (Å²) in [7, 11) is 0. The van der Waals surface area contributed by atoms with Gasteiger partial charge in [0.1, 0.15) is 5.69 Å². The molecule has 1 aromatic heterocycles. The molecule has 7 heteroatoms. The average Bonchev–Trinajstić information content (AvgIpc) is 3.18. The van der Waals surface area contributed by atoms with Crippen molar-refractivity contribution >= 4 is 17.5 Å². The van der Waals surface area contributed by atoms with E-state index in [0.717, 1.165) is 31.6 Å². The molecule has 0 atom stereocenters. The van der Waals surface area contributed by atoms with Crippen molar-refractivity contribution in [2.24, 2.45) is 0 Å². The van der Waals surface area contributed by atoms with Crippen molar-refractivity contribution < 1.29 is 14.3 Å². The smallest absolute Gasteiger partial charge is 0.277 e. The SMILES string of the molecule is CCN(C(=O)c1ccnc(N2CCC3(CC2)OCCO3)n1)c1ccccc1. The normalized spacial score (nSPS) is 18.6. The van der Waals surface area contributed by atoms with Gasteiger partial charge < -0.3 is 19.3 Å². The van der Waals surface area contributed by atoms with E-state index in [1.165, 1.54) is 0 Å². The van der Waals surface area contributed by atoms with Crippen molar-refractivity contribution in [2.45, 2.75) is 25.6 Å². The Kier molecular flexibility index (Phi) is 5.05. The lowest BCUT2D eigenvalue weighted by molar-refractivity contribution is -0.169. The first kappa shape index (κ1) is 17.9. The number of ether oxygens (including phenoxy) is 2. The quantitative estimate of drug-likeness (QED) is 0.826. The molecule has 27 heavy (non-hydrogen) atoms. The zero-order chi connectivity index (χ0) is 18.7. The minimum absolute atomic E-state index is 0.122. The Labute approximate surface area is 158 Å². The fraction of sp³-hybridized carbons (Fsp3) is 0.450. The number of hydrogen-bond acceptors (Lipinski definition) is 6. The van der Waals surface area contributed by atoms with Gasteiger partial charge in [-0.3, -0.25) is 4.79 Å². The molecule has 0 unspecified atom stereocenters. The minimum Gasteiger partial charge on any atom is -0.347 e. The molecule has 1 amide bonds. The van der Waals surface area contributed by atoms with Crippen molar-refractivity contribution in [1.82, 2.24) is 9.97 Å². The predicted molar refractivity (Wildman–Crippen MR) is 102 cm³/mol. The van der Waals surface area contributed by atoms with Crippen molar-refractivity contribution in [3.8, 4) is 0 Å². The molecule has 1 aromatic carbocycles. The van der Waals surface area contributed by atoms with Crippen LogP contribution in [0.25, 0.3) is 0 Å². The van der Waals surface area contributed by atoms with Crippen LogP contribution in [0, 0.1) is 0 Å². The first-order valence-electron chi connectivity index (χ1n) is 9.44. The van der Waals surface area contributed by atoms with Crippen molar-refractivity contribution in [2.75, 3.05) is 42.6 Å². The maximum atomic E-state index is 13.0. The highest BCUT2D eigenvalue weighted by Gasteiger charge is 2.40. The molecule has 2 fully saturated rings. The summed E-state index contributed by atoms with van der Waals surface area (Å²) in [5.41, 5.74) is 1.26. The summed E-state index contributed by atoms with van der Waals surface area (Å²) in [5.74, 6) is 0.0251. The molecule has 0 N–H and O–H groups in total. The van der Waals surface area contributed by atoms with E-state index in [4.69, 9.17) is 9.47 Å². The van der Waals surface area contributed by atoms with E-state index >= 15 is 0 Å². The molecule has 2 saturated heterocycles. The summed E-state index contributed by atoms with van der Waals surface area (Å²) in [6, 6.07) is 11.3. The summed E-state index contributed by atoms with van der Waals surface area (Å²) in [6.45, 7) is 5.34. The van der Waals surface area contributed by atoms with Gasteiger partial charge in [-0.2, -0.15) is 0 Å². The zero-order valence-corrected chi connectivity index (χ0v) is 15.5. The Bertz CT molecular complexity index is 783. The second-order valence-corrected chi connectivity index (χ2v) is 6.72. The molecule has 0 bridgehead atoms. The Morgan fingerprint density at radius 3 is 2.52 bits per heavy atom.